The molecule has 0 aliphatic rings. The number of benzene rings is 1. The number of nitro groups is 1. The first-order valence-electron chi connectivity index (χ1n) is 4.46. The van der Waals surface area contributed by atoms with E-state index < -0.39 is 4.92 Å². The number of nitro benzene ring substituents is 1. The average molecular weight is 612 g/mol. The number of anilines is 1. The molecule has 0 saturated carbocycles. The Morgan fingerprint density at radius 2 is 1.65 bits per heavy atom. The van der Waals surface area contributed by atoms with Crippen molar-refractivity contribution in [2.24, 2.45) is 0 Å². The number of rotatable bonds is 1. The normalized spacial score (nSPS) is 9.82. The van der Waals surface area contributed by atoms with E-state index in [9.17, 15) is 10.1 Å². The van der Waals surface area contributed by atoms with Gasteiger partial charge in [-0.05, 0) is 37.5 Å². The van der Waals surface area contributed by atoms with E-state index in [-0.39, 0.29) is 16.3 Å². The van der Waals surface area contributed by atoms with Crippen LogP contribution in [0.5, 0.6) is 0 Å². The first-order chi connectivity index (χ1) is 7.68. The Morgan fingerprint density at radius 1 is 1.24 bits per heavy atom. The molecule has 17 heavy (non-hydrogen) atoms. The SMILES string of the molecule is Cc1cc([N+](=O)[O-])c(N)c(C)c1C.[I][V]([I])[I]. The summed E-state index contributed by atoms with van der Waals surface area (Å²) >= 11 is 7.39. The molecule has 0 bridgehead atoms. The van der Waals surface area contributed by atoms with Gasteiger partial charge >= 0.3 is 64.9 Å². The molecule has 0 aliphatic heterocycles. The van der Waals surface area contributed by atoms with Crippen LogP contribution in [0.15, 0.2) is 6.07 Å². The van der Waals surface area contributed by atoms with E-state index in [1.165, 1.54) is 6.07 Å². The van der Waals surface area contributed by atoms with Crippen LogP contribution in [-0.4, -0.2) is 4.92 Å². The molecular weight excluding hydrogens is 600 g/mol. The van der Waals surface area contributed by atoms with Crippen LogP contribution in [0.25, 0.3) is 0 Å². The Morgan fingerprint density at radius 3 is 2.00 bits per heavy atom. The van der Waals surface area contributed by atoms with Crippen LogP contribution in [0.1, 0.15) is 16.7 Å². The standard InChI is InChI=1S/C9H12N2O2.3HI.V/c1-5-4-8(11(12)13)9(10)7(3)6(5)2;;;;/h4H,10H2,1-3H3;3*1H;/q;;;;+3/p-3. The molecule has 0 radical (unpaired) electrons. The zero-order valence-electron chi connectivity index (χ0n) is 9.50. The maximum atomic E-state index is 10.6. The van der Waals surface area contributed by atoms with Crippen molar-refractivity contribution in [3.63, 3.8) is 0 Å². The molecule has 1 rings (SSSR count). The van der Waals surface area contributed by atoms with Crippen LogP contribution in [0.2, 0.25) is 0 Å². The number of halogens is 3. The van der Waals surface area contributed by atoms with Crippen molar-refractivity contribution in [2.75, 3.05) is 5.73 Å². The molecule has 1 aromatic carbocycles. The monoisotopic (exact) mass is 612 g/mol. The summed E-state index contributed by atoms with van der Waals surface area (Å²) < 4.78 is 0. The number of aryl methyl sites for hydroxylation is 1. The van der Waals surface area contributed by atoms with Crippen LogP contribution in [0.4, 0.5) is 11.4 Å². The Bertz CT molecular complexity index is 424. The van der Waals surface area contributed by atoms with Crippen LogP contribution in [0, 0.1) is 30.9 Å². The summed E-state index contributed by atoms with van der Waals surface area (Å²) in [6, 6.07) is 1.51. The third-order valence-electron chi connectivity index (χ3n) is 2.38. The topological polar surface area (TPSA) is 69.2 Å². The van der Waals surface area contributed by atoms with Gasteiger partial charge in [0.1, 0.15) is 5.69 Å². The number of nitrogen functional groups attached to an aromatic ring is 1. The fourth-order valence-corrected chi connectivity index (χ4v) is 1.23. The van der Waals surface area contributed by atoms with E-state index in [1.54, 1.807) is 6.92 Å². The number of hydrogen-bond acceptors (Lipinski definition) is 3. The third kappa shape index (κ3) is 6.25. The van der Waals surface area contributed by atoms with Gasteiger partial charge in [-0.15, -0.1) is 0 Å². The van der Waals surface area contributed by atoms with Crippen molar-refractivity contribution >= 4 is 71.3 Å². The predicted molar refractivity (Wildman–Crippen MR) is 93.8 cm³/mol. The molecule has 2 N–H and O–H groups in total. The minimum atomic E-state index is -0.450. The van der Waals surface area contributed by atoms with E-state index in [1.807, 2.05) is 13.8 Å². The predicted octanol–water partition coefficient (Wildman–Crippen LogP) is 4.76. The molecule has 0 saturated heterocycles. The first kappa shape index (κ1) is 18.2. The molecule has 8 heteroatoms. The van der Waals surface area contributed by atoms with Crippen molar-refractivity contribution in [1.29, 1.82) is 0 Å². The molecule has 0 amide bonds. The summed E-state index contributed by atoms with van der Waals surface area (Å²) in [7, 11) is 0. The van der Waals surface area contributed by atoms with Gasteiger partial charge in [0.25, 0.3) is 5.69 Å². The number of nitrogens with two attached hydrogens (primary N) is 1. The van der Waals surface area contributed by atoms with Crippen molar-refractivity contribution in [3.8, 4) is 0 Å². The second-order valence-corrected chi connectivity index (χ2v) is 38.7. The van der Waals surface area contributed by atoms with E-state index in [0.29, 0.717) is 0 Å². The van der Waals surface area contributed by atoms with E-state index in [4.69, 9.17) is 5.73 Å². The van der Waals surface area contributed by atoms with Crippen molar-refractivity contribution in [1.82, 2.24) is 0 Å². The Kier molecular flexibility index (Phi) is 8.97. The first-order valence-corrected chi connectivity index (χ1v) is 18.0. The van der Waals surface area contributed by atoms with Gasteiger partial charge in [-0.25, -0.2) is 0 Å². The van der Waals surface area contributed by atoms with Gasteiger partial charge in [0.15, 0.2) is 0 Å². The molecule has 0 aliphatic carbocycles. The molecular formula is C9H12I3N2O2V. The Labute approximate surface area is 138 Å². The molecule has 0 heterocycles. The van der Waals surface area contributed by atoms with Crippen LogP contribution < -0.4 is 5.73 Å². The summed E-state index contributed by atoms with van der Waals surface area (Å²) in [6.45, 7) is 5.55. The molecule has 0 unspecified atom stereocenters. The van der Waals surface area contributed by atoms with Crippen molar-refractivity contribution in [3.05, 3.63) is 32.9 Å². The summed E-state index contributed by atoms with van der Waals surface area (Å²) in [6.07, 6.45) is 0. The second kappa shape index (κ2) is 8.38. The Balaban J connectivity index is 0.000000557. The minimum absolute atomic E-state index is 0.000556. The Hall–Kier alpha value is 1.19. The quantitative estimate of drug-likeness (QED) is 0.216. The summed E-state index contributed by atoms with van der Waals surface area (Å²) in [5, 5.41) is 10.6. The fraction of sp³-hybridized carbons (Fsp3) is 0.333. The van der Waals surface area contributed by atoms with Gasteiger partial charge in [-0.2, -0.15) is 0 Å². The summed E-state index contributed by atoms with van der Waals surface area (Å²) in [5.41, 5.74) is 8.60. The van der Waals surface area contributed by atoms with Gasteiger partial charge in [-0.1, -0.05) is 0 Å². The fourth-order valence-electron chi connectivity index (χ4n) is 1.23. The van der Waals surface area contributed by atoms with Gasteiger partial charge in [-0.3, -0.25) is 10.1 Å². The number of hydrogen-bond donors (Lipinski definition) is 1. The van der Waals surface area contributed by atoms with E-state index in [0.717, 1.165) is 16.7 Å². The third-order valence-corrected chi connectivity index (χ3v) is 2.38. The van der Waals surface area contributed by atoms with E-state index >= 15 is 0 Å². The zero-order valence-corrected chi connectivity index (χ0v) is 17.4. The summed E-state index contributed by atoms with van der Waals surface area (Å²) in [5.74, 6) is 0. The molecule has 4 nitrogen and oxygen atoms in total. The van der Waals surface area contributed by atoms with Gasteiger partial charge in [0.2, 0.25) is 0 Å². The zero-order chi connectivity index (χ0) is 13.7. The van der Waals surface area contributed by atoms with Crippen LogP contribution in [-0.2, 0) is 4.92 Å². The molecule has 0 fully saturated rings. The molecule has 0 atom stereocenters. The molecule has 0 spiro atoms. The number of nitrogens with zero attached hydrogens (tertiary/aromatic N) is 1. The van der Waals surface area contributed by atoms with Gasteiger partial charge in [0.05, 0.1) is 4.92 Å². The van der Waals surface area contributed by atoms with Crippen LogP contribution >= 0.6 is 59.9 Å². The van der Waals surface area contributed by atoms with Gasteiger partial charge in [0, 0.05) is 6.07 Å². The summed E-state index contributed by atoms with van der Waals surface area (Å²) in [4.78, 5) is 9.84. The van der Waals surface area contributed by atoms with Gasteiger partial charge < -0.3 is 5.73 Å². The second-order valence-electron chi connectivity index (χ2n) is 3.33. The molecule has 0 aromatic heterocycles. The van der Waals surface area contributed by atoms with Crippen molar-refractivity contribution < 1.29 is 9.84 Å². The van der Waals surface area contributed by atoms with Crippen molar-refractivity contribution in [2.45, 2.75) is 20.8 Å². The average Bonchev–Trinajstić information content (AvgIpc) is 2.19. The maximum absolute atomic E-state index is 10.6. The molecule has 1 aromatic rings. The van der Waals surface area contributed by atoms with E-state index in [2.05, 4.69) is 59.9 Å². The van der Waals surface area contributed by atoms with Crippen LogP contribution in [0.3, 0.4) is 0 Å². The molecule has 96 valence electrons.